The van der Waals surface area contributed by atoms with Crippen LogP contribution in [0.3, 0.4) is 0 Å². The van der Waals surface area contributed by atoms with Gasteiger partial charge in [0.2, 0.25) is 15.9 Å². The fraction of sp³-hybridized carbons (Fsp3) is 0.278. The first kappa shape index (κ1) is 23.5. The van der Waals surface area contributed by atoms with Crippen LogP contribution in [0, 0.1) is 0 Å². The highest BCUT2D eigenvalue weighted by molar-refractivity contribution is 7.92. The van der Waals surface area contributed by atoms with Crippen LogP contribution < -0.4 is 9.62 Å². The van der Waals surface area contributed by atoms with E-state index in [1.807, 2.05) is 0 Å². The van der Waals surface area contributed by atoms with Gasteiger partial charge in [0.1, 0.15) is 6.54 Å². The van der Waals surface area contributed by atoms with Crippen LogP contribution in [-0.4, -0.2) is 27.1 Å². The van der Waals surface area contributed by atoms with E-state index in [1.165, 1.54) is 6.07 Å². The topological polar surface area (TPSA) is 66.5 Å². The van der Waals surface area contributed by atoms with Crippen molar-refractivity contribution in [3.05, 3.63) is 65.2 Å². The van der Waals surface area contributed by atoms with Gasteiger partial charge in [-0.05, 0) is 35.9 Å². The predicted molar refractivity (Wildman–Crippen MR) is 96.9 cm³/mol. The van der Waals surface area contributed by atoms with Crippen LogP contribution in [-0.2, 0) is 33.7 Å². The molecule has 0 radical (unpaired) electrons. The number of halogens is 6. The molecule has 30 heavy (non-hydrogen) atoms. The zero-order valence-corrected chi connectivity index (χ0v) is 16.2. The molecule has 0 unspecified atom stereocenters. The second-order valence-corrected chi connectivity index (χ2v) is 8.20. The molecule has 164 valence electrons. The van der Waals surface area contributed by atoms with Gasteiger partial charge in [-0.25, -0.2) is 8.42 Å². The summed E-state index contributed by atoms with van der Waals surface area (Å²) in [7, 11) is -4.13. The van der Waals surface area contributed by atoms with Gasteiger partial charge in [-0.3, -0.25) is 9.10 Å². The molecule has 0 heterocycles. The lowest BCUT2D eigenvalue weighted by Gasteiger charge is -2.23. The first-order valence-corrected chi connectivity index (χ1v) is 10.1. The van der Waals surface area contributed by atoms with Crippen LogP contribution >= 0.6 is 0 Å². The normalized spacial score (nSPS) is 12.5. The van der Waals surface area contributed by atoms with Crippen molar-refractivity contribution in [1.82, 2.24) is 5.32 Å². The monoisotopic (exact) mass is 454 g/mol. The highest BCUT2D eigenvalue weighted by Gasteiger charge is 2.32. The fourth-order valence-electron chi connectivity index (χ4n) is 2.48. The van der Waals surface area contributed by atoms with Crippen molar-refractivity contribution in [2.75, 3.05) is 17.1 Å². The number of hydrogen-bond donors (Lipinski definition) is 1. The summed E-state index contributed by atoms with van der Waals surface area (Å²) in [5.74, 6) is -0.907. The summed E-state index contributed by atoms with van der Waals surface area (Å²) in [6, 6.07) is 7.57. The number of nitrogens with one attached hydrogen (secondary N) is 1. The SMILES string of the molecule is CS(=O)(=O)N(CC(=O)NCc1cccc(C(F)(F)F)c1)c1cccc(C(F)(F)F)c1. The Hall–Kier alpha value is -2.76. The van der Waals surface area contributed by atoms with E-state index >= 15 is 0 Å². The van der Waals surface area contributed by atoms with Gasteiger partial charge in [-0.1, -0.05) is 18.2 Å². The highest BCUT2D eigenvalue weighted by atomic mass is 32.2. The molecule has 2 aromatic rings. The maximum Gasteiger partial charge on any atom is 0.416 e. The Kier molecular flexibility index (Phi) is 6.70. The Labute approximate surface area is 168 Å². The summed E-state index contributed by atoms with van der Waals surface area (Å²) in [6.07, 6.45) is -8.57. The number of alkyl halides is 6. The number of hydrogen-bond acceptors (Lipinski definition) is 3. The Balaban J connectivity index is 2.16. The molecule has 0 saturated heterocycles. The molecule has 0 aliphatic rings. The van der Waals surface area contributed by atoms with Gasteiger partial charge in [0.15, 0.2) is 0 Å². The van der Waals surface area contributed by atoms with E-state index < -0.39 is 46.0 Å². The van der Waals surface area contributed by atoms with Crippen LogP contribution in [0.25, 0.3) is 0 Å². The van der Waals surface area contributed by atoms with Crippen molar-refractivity contribution in [2.24, 2.45) is 0 Å². The molecule has 0 aromatic heterocycles. The lowest BCUT2D eigenvalue weighted by molar-refractivity contribution is -0.138. The molecular formula is C18H16F6N2O3S. The van der Waals surface area contributed by atoms with E-state index in [2.05, 4.69) is 5.32 Å². The van der Waals surface area contributed by atoms with Crippen LogP contribution in [0.2, 0.25) is 0 Å². The van der Waals surface area contributed by atoms with Gasteiger partial charge in [-0.2, -0.15) is 26.3 Å². The van der Waals surface area contributed by atoms with E-state index in [9.17, 15) is 39.6 Å². The third-order valence-corrected chi connectivity index (χ3v) is 5.03. The molecule has 1 N–H and O–H groups in total. The van der Waals surface area contributed by atoms with Crippen LogP contribution in [0.15, 0.2) is 48.5 Å². The maximum atomic E-state index is 12.9. The summed E-state index contributed by atoms with van der Waals surface area (Å²) in [5, 5.41) is 2.26. The number of benzene rings is 2. The fourth-order valence-corrected chi connectivity index (χ4v) is 3.33. The van der Waals surface area contributed by atoms with Gasteiger partial charge >= 0.3 is 12.4 Å². The highest BCUT2D eigenvalue weighted by Crippen LogP contribution is 2.32. The molecule has 2 aromatic carbocycles. The van der Waals surface area contributed by atoms with Crippen molar-refractivity contribution < 1.29 is 39.6 Å². The minimum Gasteiger partial charge on any atom is -0.350 e. The number of rotatable bonds is 6. The first-order valence-electron chi connectivity index (χ1n) is 8.26. The van der Waals surface area contributed by atoms with Crippen molar-refractivity contribution in [3.63, 3.8) is 0 Å². The number of sulfonamides is 1. The van der Waals surface area contributed by atoms with Crippen molar-refractivity contribution in [3.8, 4) is 0 Å². The number of amides is 1. The summed E-state index contributed by atoms with van der Waals surface area (Å²) in [5.41, 5.74) is -2.28. The standard InChI is InChI=1S/C18H16F6N2O3S/c1-30(28,29)26(15-7-3-6-14(9-15)18(22,23)24)11-16(27)25-10-12-4-2-5-13(8-12)17(19,20)21/h2-9H,10-11H2,1H3,(H,25,27). The molecule has 0 aliphatic carbocycles. The average Bonchev–Trinajstić information content (AvgIpc) is 2.62. The van der Waals surface area contributed by atoms with Gasteiger partial charge in [0.05, 0.1) is 23.1 Å². The third-order valence-electron chi connectivity index (χ3n) is 3.89. The molecule has 1 amide bonds. The maximum absolute atomic E-state index is 12.9. The number of anilines is 1. The van der Waals surface area contributed by atoms with E-state index in [0.29, 0.717) is 16.6 Å². The minimum atomic E-state index is -4.72. The Morgan fingerprint density at radius 1 is 0.933 bits per heavy atom. The molecular weight excluding hydrogens is 438 g/mol. The summed E-state index contributed by atoms with van der Waals surface area (Å²) < 4.78 is 101. The van der Waals surface area contributed by atoms with Crippen LogP contribution in [0.5, 0.6) is 0 Å². The quantitative estimate of drug-likeness (QED) is 0.676. The molecule has 0 aliphatic heterocycles. The van der Waals surface area contributed by atoms with Crippen LogP contribution in [0.4, 0.5) is 32.0 Å². The average molecular weight is 454 g/mol. The van der Waals surface area contributed by atoms with E-state index in [4.69, 9.17) is 0 Å². The van der Waals surface area contributed by atoms with Gasteiger partial charge in [0, 0.05) is 6.54 Å². The van der Waals surface area contributed by atoms with Crippen molar-refractivity contribution >= 4 is 21.6 Å². The second-order valence-electron chi connectivity index (χ2n) is 6.29. The number of carbonyl (C=O) groups excluding carboxylic acids is 1. The molecule has 0 bridgehead atoms. The largest absolute Gasteiger partial charge is 0.416 e. The third kappa shape index (κ3) is 6.37. The Morgan fingerprint density at radius 2 is 1.47 bits per heavy atom. The zero-order chi connectivity index (χ0) is 22.7. The second kappa shape index (κ2) is 8.54. The summed E-state index contributed by atoms with van der Waals surface area (Å²) in [4.78, 5) is 12.1. The van der Waals surface area contributed by atoms with Crippen molar-refractivity contribution in [1.29, 1.82) is 0 Å². The molecule has 0 fully saturated rings. The Morgan fingerprint density at radius 3 is 2.00 bits per heavy atom. The molecule has 0 saturated carbocycles. The molecule has 5 nitrogen and oxygen atoms in total. The van der Waals surface area contributed by atoms with E-state index in [-0.39, 0.29) is 17.8 Å². The van der Waals surface area contributed by atoms with Crippen molar-refractivity contribution in [2.45, 2.75) is 18.9 Å². The summed E-state index contributed by atoms with van der Waals surface area (Å²) >= 11 is 0. The van der Waals surface area contributed by atoms with Gasteiger partial charge in [0.25, 0.3) is 0 Å². The lowest BCUT2D eigenvalue weighted by Crippen LogP contribution is -2.40. The van der Waals surface area contributed by atoms with Crippen LogP contribution in [0.1, 0.15) is 16.7 Å². The first-order chi connectivity index (χ1) is 13.7. The van der Waals surface area contributed by atoms with E-state index in [0.717, 1.165) is 36.4 Å². The Bertz CT molecular complexity index is 1020. The smallest absolute Gasteiger partial charge is 0.350 e. The minimum absolute atomic E-state index is 0.114. The van der Waals surface area contributed by atoms with E-state index in [1.54, 1.807) is 0 Å². The molecule has 12 heteroatoms. The summed E-state index contributed by atoms with van der Waals surface area (Å²) in [6.45, 7) is -1.18. The number of nitrogens with zero attached hydrogens (tertiary/aromatic N) is 1. The lowest BCUT2D eigenvalue weighted by atomic mass is 10.1. The molecule has 0 spiro atoms. The van der Waals surface area contributed by atoms with Gasteiger partial charge in [-0.15, -0.1) is 0 Å². The molecule has 0 atom stereocenters. The predicted octanol–water partition coefficient (Wildman–Crippen LogP) is 3.81. The zero-order valence-electron chi connectivity index (χ0n) is 15.4. The number of carbonyl (C=O) groups is 1. The molecule has 2 rings (SSSR count). The van der Waals surface area contributed by atoms with Gasteiger partial charge < -0.3 is 5.32 Å².